The number of anilines is 1. The van der Waals surface area contributed by atoms with Gasteiger partial charge >= 0.3 is 0 Å². The Morgan fingerprint density at radius 2 is 2.00 bits per heavy atom. The Bertz CT molecular complexity index is 853. The van der Waals surface area contributed by atoms with E-state index in [2.05, 4.69) is 14.1 Å². The maximum absolute atomic E-state index is 13.7. The summed E-state index contributed by atoms with van der Waals surface area (Å²) in [5.41, 5.74) is 1.20. The molecule has 0 atom stereocenters. The van der Waals surface area contributed by atoms with Gasteiger partial charge in [-0.25, -0.2) is 4.39 Å². The van der Waals surface area contributed by atoms with Gasteiger partial charge in [0.25, 0.3) is 5.91 Å². The highest BCUT2D eigenvalue weighted by Crippen LogP contribution is 2.30. The molecule has 0 saturated heterocycles. The summed E-state index contributed by atoms with van der Waals surface area (Å²) in [6.07, 6.45) is 0. The Balaban J connectivity index is 2.02. The molecule has 0 saturated carbocycles. The highest BCUT2D eigenvalue weighted by Gasteiger charge is 2.17. The molecule has 4 nitrogen and oxygen atoms in total. The first-order chi connectivity index (χ1) is 10.1. The average Bonchev–Trinajstić information content (AvgIpc) is 2.93. The van der Waals surface area contributed by atoms with E-state index in [4.69, 9.17) is 23.2 Å². The van der Waals surface area contributed by atoms with Crippen molar-refractivity contribution < 1.29 is 9.18 Å². The molecule has 1 heterocycles. The van der Waals surface area contributed by atoms with E-state index in [1.165, 1.54) is 12.1 Å². The molecule has 0 aliphatic rings. The van der Waals surface area contributed by atoms with Crippen molar-refractivity contribution in [2.45, 2.75) is 0 Å². The van der Waals surface area contributed by atoms with Gasteiger partial charge < -0.3 is 5.32 Å². The first kappa shape index (κ1) is 14.2. The summed E-state index contributed by atoms with van der Waals surface area (Å²) in [4.78, 5) is 12.2. The third-order valence-corrected chi connectivity index (χ3v) is 3.88. The molecule has 21 heavy (non-hydrogen) atoms. The third kappa shape index (κ3) is 2.70. The minimum Gasteiger partial charge on any atom is -0.319 e. The summed E-state index contributed by atoms with van der Waals surface area (Å²) >= 11 is 12.8. The van der Waals surface area contributed by atoms with Crippen molar-refractivity contribution in [2.24, 2.45) is 0 Å². The monoisotopic (exact) mass is 341 g/mol. The number of fused-ring (bicyclic) bond motifs is 1. The van der Waals surface area contributed by atoms with Gasteiger partial charge in [-0.05, 0) is 30.3 Å². The molecule has 0 aliphatic carbocycles. The number of carbonyl (C=O) groups excluding carboxylic acids is 1. The number of nitrogens with zero attached hydrogens (tertiary/aromatic N) is 2. The van der Waals surface area contributed by atoms with Crippen molar-refractivity contribution in [3.8, 4) is 0 Å². The Hall–Kier alpha value is -1.76. The second-order valence-corrected chi connectivity index (χ2v) is 5.50. The molecule has 0 aliphatic heterocycles. The lowest BCUT2D eigenvalue weighted by molar-refractivity contribution is 0.102. The van der Waals surface area contributed by atoms with Crippen LogP contribution in [0.15, 0.2) is 30.3 Å². The minimum absolute atomic E-state index is 0.168. The number of carbonyl (C=O) groups is 1. The standard InChI is InChI=1S/C13H6Cl2FN3OS/c14-6-1-3-9(16)7(5-6)13(20)17-11-8(15)2-4-10-12(11)19-21-18-10/h1-5H,(H,17,20). The first-order valence-electron chi connectivity index (χ1n) is 5.73. The van der Waals surface area contributed by atoms with Crippen LogP contribution in [0.1, 0.15) is 10.4 Å². The van der Waals surface area contributed by atoms with Gasteiger partial charge in [0.1, 0.15) is 16.9 Å². The van der Waals surface area contributed by atoms with Gasteiger partial charge in [0, 0.05) is 5.02 Å². The number of amides is 1. The Kier molecular flexibility index (Phi) is 3.75. The fraction of sp³-hybridized carbons (Fsp3) is 0. The number of aromatic nitrogens is 2. The molecule has 106 valence electrons. The van der Waals surface area contributed by atoms with E-state index in [1.807, 2.05) is 0 Å². The topological polar surface area (TPSA) is 54.9 Å². The number of nitrogens with one attached hydrogen (secondary N) is 1. The van der Waals surface area contributed by atoms with E-state index < -0.39 is 11.7 Å². The Morgan fingerprint density at radius 3 is 2.81 bits per heavy atom. The van der Waals surface area contributed by atoms with Crippen molar-refractivity contribution in [1.82, 2.24) is 8.75 Å². The van der Waals surface area contributed by atoms with E-state index in [-0.39, 0.29) is 10.6 Å². The summed E-state index contributed by atoms with van der Waals surface area (Å²) in [6.45, 7) is 0. The zero-order valence-electron chi connectivity index (χ0n) is 10.2. The summed E-state index contributed by atoms with van der Waals surface area (Å²) < 4.78 is 21.8. The maximum Gasteiger partial charge on any atom is 0.258 e. The molecule has 3 aromatic rings. The van der Waals surface area contributed by atoms with E-state index in [0.29, 0.717) is 21.7 Å². The van der Waals surface area contributed by atoms with Crippen molar-refractivity contribution in [2.75, 3.05) is 5.32 Å². The minimum atomic E-state index is -0.670. The Labute approximate surface area is 132 Å². The van der Waals surface area contributed by atoms with Gasteiger partial charge in [-0.15, -0.1) is 0 Å². The SMILES string of the molecule is O=C(Nc1c(Cl)ccc2nsnc12)c1cc(Cl)ccc1F. The summed E-state index contributed by atoms with van der Waals surface area (Å²) in [6, 6.07) is 7.03. The fourth-order valence-electron chi connectivity index (χ4n) is 1.80. The molecule has 1 N–H and O–H groups in total. The van der Waals surface area contributed by atoms with Gasteiger partial charge in [-0.1, -0.05) is 23.2 Å². The number of rotatable bonds is 2. The summed E-state index contributed by atoms with van der Waals surface area (Å²) in [7, 11) is 0. The van der Waals surface area contributed by atoms with Crippen LogP contribution >= 0.6 is 34.9 Å². The number of halogens is 3. The van der Waals surface area contributed by atoms with E-state index in [9.17, 15) is 9.18 Å². The van der Waals surface area contributed by atoms with Crippen LogP contribution in [0.3, 0.4) is 0 Å². The van der Waals surface area contributed by atoms with E-state index in [0.717, 1.165) is 17.8 Å². The van der Waals surface area contributed by atoms with Crippen LogP contribution in [0.5, 0.6) is 0 Å². The predicted molar refractivity (Wildman–Crippen MR) is 81.8 cm³/mol. The normalized spacial score (nSPS) is 10.8. The second-order valence-electron chi connectivity index (χ2n) is 4.13. The molecule has 1 aromatic heterocycles. The number of benzene rings is 2. The van der Waals surface area contributed by atoms with Gasteiger partial charge in [0.15, 0.2) is 0 Å². The van der Waals surface area contributed by atoms with Crippen LogP contribution in [0, 0.1) is 5.82 Å². The molecule has 0 spiro atoms. The fourth-order valence-corrected chi connectivity index (χ4v) is 2.71. The van der Waals surface area contributed by atoms with Crippen LogP contribution in [-0.4, -0.2) is 14.7 Å². The van der Waals surface area contributed by atoms with Gasteiger partial charge in [-0.2, -0.15) is 8.75 Å². The first-order valence-corrected chi connectivity index (χ1v) is 7.22. The lowest BCUT2D eigenvalue weighted by Crippen LogP contribution is -2.14. The number of hydrogen-bond donors (Lipinski definition) is 1. The van der Waals surface area contributed by atoms with E-state index >= 15 is 0 Å². The molecule has 0 fully saturated rings. The molecular formula is C13H6Cl2FN3OS. The van der Waals surface area contributed by atoms with Crippen LogP contribution in [0.2, 0.25) is 10.0 Å². The van der Waals surface area contributed by atoms with Crippen LogP contribution < -0.4 is 5.32 Å². The lowest BCUT2D eigenvalue weighted by Gasteiger charge is -2.08. The van der Waals surface area contributed by atoms with Gasteiger partial charge in [0.2, 0.25) is 0 Å². The smallest absolute Gasteiger partial charge is 0.258 e. The molecule has 3 rings (SSSR count). The summed E-state index contributed by atoms with van der Waals surface area (Å²) in [5.74, 6) is -1.32. The zero-order chi connectivity index (χ0) is 15.0. The predicted octanol–water partition coefficient (Wildman–Crippen LogP) is 4.39. The van der Waals surface area contributed by atoms with Gasteiger partial charge in [0.05, 0.1) is 28.0 Å². The quantitative estimate of drug-likeness (QED) is 0.751. The molecule has 0 unspecified atom stereocenters. The molecule has 0 bridgehead atoms. The van der Waals surface area contributed by atoms with Crippen molar-refractivity contribution in [1.29, 1.82) is 0 Å². The Morgan fingerprint density at radius 1 is 1.19 bits per heavy atom. The highest BCUT2D eigenvalue weighted by atomic mass is 35.5. The molecular weight excluding hydrogens is 336 g/mol. The van der Waals surface area contributed by atoms with Crippen LogP contribution in [-0.2, 0) is 0 Å². The third-order valence-electron chi connectivity index (χ3n) is 2.79. The van der Waals surface area contributed by atoms with Crippen molar-refractivity contribution in [3.63, 3.8) is 0 Å². The lowest BCUT2D eigenvalue weighted by atomic mass is 10.2. The average molecular weight is 342 g/mol. The molecule has 2 aromatic carbocycles. The van der Waals surface area contributed by atoms with E-state index in [1.54, 1.807) is 12.1 Å². The molecule has 1 amide bonds. The second kappa shape index (κ2) is 5.55. The summed E-state index contributed by atoms with van der Waals surface area (Å²) in [5, 5.41) is 3.12. The zero-order valence-corrected chi connectivity index (χ0v) is 12.6. The largest absolute Gasteiger partial charge is 0.319 e. The van der Waals surface area contributed by atoms with Crippen LogP contribution in [0.25, 0.3) is 11.0 Å². The number of hydrogen-bond acceptors (Lipinski definition) is 4. The van der Waals surface area contributed by atoms with Crippen LogP contribution in [0.4, 0.5) is 10.1 Å². The molecule has 8 heteroatoms. The highest BCUT2D eigenvalue weighted by molar-refractivity contribution is 7.00. The van der Waals surface area contributed by atoms with Crippen molar-refractivity contribution >= 4 is 57.6 Å². The maximum atomic E-state index is 13.7. The molecule has 0 radical (unpaired) electrons. The van der Waals surface area contributed by atoms with Gasteiger partial charge in [-0.3, -0.25) is 4.79 Å². The van der Waals surface area contributed by atoms with Crippen molar-refractivity contribution in [3.05, 3.63) is 51.8 Å².